The molecule has 1 aliphatic rings. The van der Waals surface area contributed by atoms with Crippen LogP contribution in [0.1, 0.15) is 26.7 Å². The molecule has 1 N–H and O–H groups in total. The van der Waals surface area contributed by atoms with Crippen LogP contribution < -0.4 is 5.32 Å². The van der Waals surface area contributed by atoms with Crippen LogP contribution in [0.2, 0.25) is 0 Å². The minimum atomic E-state index is -0.134. The average Bonchev–Trinajstić information content (AvgIpc) is 2.53. The molecule has 0 amide bonds. The van der Waals surface area contributed by atoms with E-state index in [1.165, 1.54) is 12.8 Å². The molecule has 0 aromatic carbocycles. The molecular weight excluding hydrogens is 192 g/mol. The van der Waals surface area contributed by atoms with Gasteiger partial charge in [0.1, 0.15) is 0 Å². The largest absolute Gasteiger partial charge is 0.462 e. The van der Waals surface area contributed by atoms with Crippen molar-refractivity contribution in [3.05, 3.63) is 0 Å². The molecule has 0 aliphatic carbocycles. The molecule has 1 aliphatic heterocycles. The lowest BCUT2D eigenvalue weighted by Crippen LogP contribution is -2.38. The maximum absolute atomic E-state index is 11.4. The van der Waals surface area contributed by atoms with Crippen LogP contribution in [0.25, 0.3) is 0 Å². The highest BCUT2D eigenvalue weighted by molar-refractivity contribution is 5.71. The van der Waals surface area contributed by atoms with E-state index in [1.807, 2.05) is 25.8 Å². The first-order valence-electron chi connectivity index (χ1n) is 5.69. The van der Waals surface area contributed by atoms with Crippen molar-refractivity contribution in [1.29, 1.82) is 0 Å². The fourth-order valence-corrected chi connectivity index (χ4v) is 1.87. The Kier molecular flexibility index (Phi) is 5.05. The third-order valence-corrected chi connectivity index (χ3v) is 2.46. The molecule has 4 nitrogen and oxygen atoms in total. The number of esters is 1. The minimum absolute atomic E-state index is 0.0181. The van der Waals surface area contributed by atoms with E-state index >= 15 is 0 Å². The molecule has 0 spiro atoms. The summed E-state index contributed by atoms with van der Waals surface area (Å²) < 4.78 is 5.08. The summed E-state index contributed by atoms with van der Waals surface area (Å²) in [5.74, 6) is -0.134. The number of nitrogens with zero attached hydrogens (tertiary/aromatic N) is 1. The highest BCUT2D eigenvalue weighted by atomic mass is 16.5. The summed E-state index contributed by atoms with van der Waals surface area (Å²) >= 11 is 0. The molecule has 88 valence electrons. The fraction of sp³-hybridized carbons (Fsp3) is 0.909. The topological polar surface area (TPSA) is 41.6 Å². The van der Waals surface area contributed by atoms with E-state index in [0.29, 0.717) is 12.6 Å². The maximum Gasteiger partial charge on any atom is 0.320 e. The van der Waals surface area contributed by atoms with Gasteiger partial charge in [-0.25, -0.2) is 0 Å². The highest BCUT2D eigenvalue weighted by Crippen LogP contribution is 2.05. The molecule has 15 heavy (non-hydrogen) atoms. The van der Waals surface area contributed by atoms with Gasteiger partial charge in [-0.3, -0.25) is 9.69 Å². The zero-order chi connectivity index (χ0) is 11.3. The Morgan fingerprint density at radius 1 is 1.60 bits per heavy atom. The van der Waals surface area contributed by atoms with Crippen molar-refractivity contribution in [3.8, 4) is 0 Å². The molecule has 0 radical (unpaired) electrons. The van der Waals surface area contributed by atoms with Crippen LogP contribution in [0.4, 0.5) is 0 Å². The van der Waals surface area contributed by atoms with E-state index in [9.17, 15) is 4.79 Å². The number of rotatable bonds is 5. The van der Waals surface area contributed by atoms with Crippen LogP contribution in [-0.4, -0.2) is 49.7 Å². The lowest BCUT2D eigenvalue weighted by atomic mass is 10.2. The zero-order valence-electron chi connectivity index (χ0n) is 9.95. The number of likely N-dealkylation sites (N-methyl/N-ethyl adjacent to an activating group) is 1. The summed E-state index contributed by atoms with van der Waals surface area (Å²) in [4.78, 5) is 13.4. The second-order valence-corrected chi connectivity index (χ2v) is 4.53. The maximum atomic E-state index is 11.4. The molecule has 0 aromatic heterocycles. The van der Waals surface area contributed by atoms with Gasteiger partial charge >= 0.3 is 5.97 Å². The predicted octanol–water partition coefficient (Wildman–Crippen LogP) is 0.622. The lowest BCUT2D eigenvalue weighted by Gasteiger charge is -2.20. The third kappa shape index (κ3) is 5.14. The predicted molar refractivity (Wildman–Crippen MR) is 59.7 cm³/mol. The van der Waals surface area contributed by atoms with Gasteiger partial charge in [-0.1, -0.05) is 0 Å². The minimum Gasteiger partial charge on any atom is -0.462 e. The number of carbonyl (C=O) groups excluding carboxylic acids is 1. The number of hydrogen-bond donors (Lipinski definition) is 1. The molecule has 0 bridgehead atoms. The van der Waals surface area contributed by atoms with Crippen LogP contribution in [0, 0.1) is 0 Å². The van der Waals surface area contributed by atoms with Crippen molar-refractivity contribution in [2.75, 3.05) is 26.7 Å². The molecule has 1 saturated heterocycles. The Labute approximate surface area is 92.0 Å². The molecule has 1 rings (SSSR count). The molecule has 1 fully saturated rings. The summed E-state index contributed by atoms with van der Waals surface area (Å²) in [6.07, 6.45) is 2.44. The van der Waals surface area contributed by atoms with Crippen molar-refractivity contribution in [3.63, 3.8) is 0 Å². The lowest BCUT2D eigenvalue weighted by molar-refractivity contribution is -0.148. The second-order valence-electron chi connectivity index (χ2n) is 4.53. The molecule has 0 aromatic rings. The number of carbonyl (C=O) groups is 1. The van der Waals surface area contributed by atoms with E-state index in [4.69, 9.17) is 4.74 Å². The van der Waals surface area contributed by atoms with Crippen LogP contribution in [0.3, 0.4) is 0 Å². The Bertz CT molecular complexity index is 201. The zero-order valence-corrected chi connectivity index (χ0v) is 9.95. The Morgan fingerprint density at radius 3 is 2.87 bits per heavy atom. The molecule has 1 atom stereocenters. The van der Waals surface area contributed by atoms with Gasteiger partial charge in [-0.2, -0.15) is 0 Å². The van der Waals surface area contributed by atoms with Gasteiger partial charge in [-0.15, -0.1) is 0 Å². The van der Waals surface area contributed by atoms with Crippen LogP contribution in [0.15, 0.2) is 0 Å². The summed E-state index contributed by atoms with van der Waals surface area (Å²) in [6.45, 7) is 6.16. The summed E-state index contributed by atoms with van der Waals surface area (Å²) in [7, 11) is 1.96. The average molecular weight is 214 g/mol. The standard InChI is InChI=1S/C11H22N2O2/c1-9(2)15-11(14)8-13(3)7-10-5-4-6-12-10/h9-10,12H,4-8H2,1-3H3. The van der Waals surface area contributed by atoms with Crippen molar-refractivity contribution < 1.29 is 9.53 Å². The van der Waals surface area contributed by atoms with Gasteiger partial charge < -0.3 is 10.1 Å². The normalized spacial score (nSPS) is 21.3. The van der Waals surface area contributed by atoms with Gasteiger partial charge in [-0.05, 0) is 40.3 Å². The molecule has 1 unspecified atom stereocenters. The first-order chi connectivity index (χ1) is 7.08. The van der Waals surface area contributed by atoms with E-state index < -0.39 is 0 Å². The highest BCUT2D eigenvalue weighted by Gasteiger charge is 2.17. The summed E-state index contributed by atoms with van der Waals surface area (Å²) in [5.41, 5.74) is 0. The van der Waals surface area contributed by atoms with Crippen LogP contribution in [0.5, 0.6) is 0 Å². The second kappa shape index (κ2) is 6.08. The summed E-state index contributed by atoms with van der Waals surface area (Å²) in [6, 6.07) is 0.543. The Hall–Kier alpha value is -0.610. The number of ether oxygens (including phenoxy) is 1. The number of hydrogen-bond acceptors (Lipinski definition) is 4. The summed E-state index contributed by atoms with van der Waals surface area (Å²) in [5, 5.41) is 3.41. The van der Waals surface area contributed by atoms with Gasteiger partial charge in [0.25, 0.3) is 0 Å². The van der Waals surface area contributed by atoms with Crippen molar-refractivity contribution in [2.24, 2.45) is 0 Å². The van der Waals surface area contributed by atoms with Crippen LogP contribution >= 0.6 is 0 Å². The Balaban J connectivity index is 2.16. The molecule has 0 saturated carbocycles. The van der Waals surface area contributed by atoms with Gasteiger partial charge in [0.15, 0.2) is 0 Å². The Morgan fingerprint density at radius 2 is 2.33 bits per heavy atom. The smallest absolute Gasteiger partial charge is 0.320 e. The monoisotopic (exact) mass is 214 g/mol. The van der Waals surface area contributed by atoms with E-state index in [0.717, 1.165) is 13.1 Å². The van der Waals surface area contributed by atoms with Gasteiger partial charge in [0, 0.05) is 12.6 Å². The molecule has 1 heterocycles. The van der Waals surface area contributed by atoms with Gasteiger partial charge in [0.05, 0.1) is 12.6 Å². The SMILES string of the molecule is CC(C)OC(=O)CN(C)CC1CCCN1. The van der Waals surface area contributed by atoms with Crippen LogP contribution in [-0.2, 0) is 9.53 Å². The van der Waals surface area contributed by atoms with Gasteiger partial charge in [0.2, 0.25) is 0 Å². The van der Waals surface area contributed by atoms with Crippen molar-refractivity contribution in [1.82, 2.24) is 10.2 Å². The van der Waals surface area contributed by atoms with E-state index in [1.54, 1.807) is 0 Å². The third-order valence-electron chi connectivity index (χ3n) is 2.46. The molecular formula is C11H22N2O2. The quantitative estimate of drug-likeness (QED) is 0.681. The fourth-order valence-electron chi connectivity index (χ4n) is 1.87. The van der Waals surface area contributed by atoms with E-state index in [2.05, 4.69) is 5.32 Å². The first-order valence-corrected chi connectivity index (χ1v) is 5.69. The molecule has 4 heteroatoms. The van der Waals surface area contributed by atoms with Crippen molar-refractivity contribution >= 4 is 5.97 Å². The van der Waals surface area contributed by atoms with Crippen molar-refractivity contribution in [2.45, 2.75) is 38.8 Å². The number of nitrogens with one attached hydrogen (secondary N) is 1. The first kappa shape index (κ1) is 12.5. The van der Waals surface area contributed by atoms with E-state index in [-0.39, 0.29) is 12.1 Å².